The lowest BCUT2D eigenvalue weighted by Crippen LogP contribution is -2.04. The fourth-order valence-electron chi connectivity index (χ4n) is 1.49. The van der Waals surface area contributed by atoms with Gasteiger partial charge in [0.25, 0.3) is 0 Å². The van der Waals surface area contributed by atoms with Gasteiger partial charge in [-0.15, -0.1) is 0 Å². The SMILES string of the molecule is NCCc1cnc(-c2ccc(F)c(F)c2Br)nc1. The first-order chi connectivity index (χ1) is 8.63. The summed E-state index contributed by atoms with van der Waals surface area (Å²) in [7, 11) is 0. The molecular weight excluding hydrogens is 304 g/mol. The number of hydrogen-bond acceptors (Lipinski definition) is 3. The van der Waals surface area contributed by atoms with Crippen LogP contribution in [0.1, 0.15) is 5.56 Å². The van der Waals surface area contributed by atoms with Crippen LogP contribution in [0.2, 0.25) is 0 Å². The Morgan fingerprint density at radius 1 is 1.17 bits per heavy atom. The van der Waals surface area contributed by atoms with Gasteiger partial charge in [-0.2, -0.15) is 0 Å². The summed E-state index contributed by atoms with van der Waals surface area (Å²) < 4.78 is 26.4. The van der Waals surface area contributed by atoms with E-state index in [4.69, 9.17) is 5.73 Å². The summed E-state index contributed by atoms with van der Waals surface area (Å²) in [6.07, 6.45) is 3.94. The van der Waals surface area contributed by atoms with Gasteiger partial charge in [0.05, 0.1) is 4.47 Å². The second kappa shape index (κ2) is 5.49. The van der Waals surface area contributed by atoms with Crippen LogP contribution in [0.3, 0.4) is 0 Å². The van der Waals surface area contributed by atoms with Gasteiger partial charge >= 0.3 is 0 Å². The average molecular weight is 314 g/mol. The van der Waals surface area contributed by atoms with Crippen LogP contribution in [-0.4, -0.2) is 16.5 Å². The van der Waals surface area contributed by atoms with E-state index in [0.29, 0.717) is 24.4 Å². The minimum Gasteiger partial charge on any atom is -0.330 e. The second-order valence-electron chi connectivity index (χ2n) is 3.68. The molecule has 6 heteroatoms. The number of halogens is 3. The third-order valence-corrected chi connectivity index (χ3v) is 3.19. The zero-order valence-corrected chi connectivity index (χ0v) is 10.9. The molecule has 0 saturated heterocycles. The maximum Gasteiger partial charge on any atom is 0.173 e. The third kappa shape index (κ3) is 2.54. The minimum absolute atomic E-state index is 0.0223. The monoisotopic (exact) mass is 313 g/mol. The van der Waals surface area contributed by atoms with Crippen molar-refractivity contribution in [3.05, 3.63) is 46.2 Å². The summed E-state index contributed by atoms with van der Waals surface area (Å²) >= 11 is 3.00. The van der Waals surface area contributed by atoms with Crippen LogP contribution >= 0.6 is 15.9 Å². The van der Waals surface area contributed by atoms with Gasteiger partial charge in [-0.1, -0.05) is 0 Å². The van der Waals surface area contributed by atoms with Crippen LogP contribution in [0.4, 0.5) is 8.78 Å². The Kier molecular flexibility index (Phi) is 3.98. The van der Waals surface area contributed by atoms with E-state index in [1.165, 1.54) is 6.07 Å². The fourth-order valence-corrected chi connectivity index (χ4v) is 1.99. The quantitative estimate of drug-likeness (QED) is 0.886. The average Bonchev–Trinajstić information content (AvgIpc) is 2.38. The van der Waals surface area contributed by atoms with Crippen molar-refractivity contribution in [2.45, 2.75) is 6.42 Å². The molecule has 0 fully saturated rings. The van der Waals surface area contributed by atoms with Gasteiger partial charge in [0.15, 0.2) is 17.5 Å². The van der Waals surface area contributed by atoms with Crippen LogP contribution in [0, 0.1) is 11.6 Å². The Hall–Kier alpha value is -1.40. The summed E-state index contributed by atoms with van der Waals surface area (Å²) in [6.45, 7) is 0.511. The molecule has 0 aliphatic heterocycles. The summed E-state index contributed by atoms with van der Waals surface area (Å²) in [5.74, 6) is -1.52. The highest BCUT2D eigenvalue weighted by atomic mass is 79.9. The zero-order valence-electron chi connectivity index (χ0n) is 9.33. The van der Waals surface area contributed by atoms with Crippen molar-refractivity contribution in [2.75, 3.05) is 6.54 Å². The van der Waals surface area contributed by atoms with E-state index in [9.17, 15) is 8.78 Å². The lowest BCUT2D eigenvalue weighted by molar-refractivity contribution is 0.504. The van der Waals surface area contributed by atoms with Crippen molar-refractivity contribution >= 4 is 15.9 Å². The number of nitrogens with zero attached hydrogens (tertiary/aromatic N) is 2. The van der Waals surface area contributed by atoms with Gasteiger partial charge in [0, 0.05) is 18.0 Å². The molecule has 1 aromatic heterocycles. The molecule has 1 aromatic carbocycles. The van der Waals surface area contributed by atoms with Crippen molar-refractivity contribution < 1.29 is 8.78 Å². The molecule has 2 rings (SSSR count). The Morgan fingerprint density at radius 3 is 2.44 bits per heavy atom. The van der Waals surface area contributed by atoms with E-state index in [1.54, 1.807) is 12.4 Å². The predicted molar refractivity (Wildman–Crippen MR) is 67.8 cm³/mol. The molecule has 3 nitrogen and oxygen atoms in total. The Balaban J connectivity index is 2.40. The van der Waals surface area contributed by atoms with Crippen LogP contribution in [-0.2, 0) is 6.42 Å². The third-order valence-electron chi connectivity index (χ3n) is 2.41. The first-order valence-electron chi connectivity index (χ1n) is 5.28. The Bertz CT molecular complexity index is 558. The predicted octanol–water partition coefficient (Wildman–Crippen LogP) is 2.69. The number of rotatable bonds is 3. The molecule has 0 atom stereocenters. The zero-order chi connectivity index (χ0) is 13.1. The first-order valence-corrected chi connectivity index (χ1v) is 6.07. The van der Waals surface area contributed by atoms with Crippen LogP contribution in [0.25, 0.3) is 11.4 Å². The van der Waals surface area contributed by atoms with Gasteiger partial charge in [0.2, 0.25) is 0 Å². The van der Waals surface area contributed by atoms with E-state index >= 15 is 0 Å². The van der Waals surface area contributed by atoms with Crippen LogP contribution in [0.5, 0.6) is 0 Å². The second-order valence-corrected chi connectivity index (χ2v) is 4.47. The van der Waals surface area contributed by atoms with Gasteiger partial charge in [0.1, 0.15) is 0 Å². The Morgan fingerprint density at radius 2 is 1.83 bits per heavy atom. The summed E-state index contributed by atoms with van der Waals surface area (Å²) in [6, 6.07) is 2.48. The molecule has 94 valence electrons. The maximum atomic E-state index is 13.4. The normalized spacial score (nSPS) is 10.7. The van der Waals surface area contributed by atoms with Crippen LogP contribution in [0.15, 0.2) is 29.0 Å². The van der Waals surface area contributed by atoms with E-state index in [1.807, 2.05) is 0 Å². The summed E-state index contributed by atoms with van der Waals surface area (Å²) in [5.41, 5.74) is 6.73. The molecule has 0 unspecified atom stereocenters. The van der Waals surface area contributed by atoms with E-state index in [2.05, 4.69) is 25.9 Å². The number of benzene rings is 1. The van der Waals surface area contributed by atoms with E-state index in [0.717, 1.165) is 11.6 Å². The first kappa shape index (κ1) is 13.0. The molecule has 2 aromatic rings. The summed E-state index contributed by atoms with van der Waals surface area (Å²) in [4.78, 5) is 8.23. The lowest BCUT2D eigenvalue weighted by atomic mass is 10.2. The lowest BCUT2D eigenvalue weighted by Gasteiger charge is -2.05. The molecule has 0 amide bonds. The van der Waals surface area contributed by atoms with Crippen molar-refractivity contribution in [1.29, 1.82) is 0 Å². The molecule has 0 aliphatic rings. The smallest absolute Gasteiger partial charge is 0.173 e. The molecule has 18 heavy (non-hydrogen) atoms. The Labute approximate surface area is 111 Å². The van der Waals surface area contributed by atoms with Gasteiger partial charge < -0.3 is 5.73 Å². The number of hydrogen-bond donors (Lipinski definition) is 1. The van der Waals surface area contributed by atoms with E-state index in [-0.39, 0.29) is 4.47 Å². The molecule has 0 bridgehead atoms. The molecule has 0 spiro atoms. The molecular formula is C12H10BrF2N3. The van der Waals surface area contributed by atoms with Crippen LogP contribution < -0.4 is 5.73 Å². The van der Waals surface area contributed by atoms with Gasteiger partial charge in [-0.05, 0) is 46.6 Å². The maximum absolute atomic E-state index is 13.4. The molecule has 0 saturated carbocycles. The van der Waals surface area contributed by atoms with Crippen molar-refractivity contribution in [1.82, 2.24) is 9.97 Å². The number of nitrogens with two attached hydrogens (primary N) is 1. The molecule has 0 aliphatic carbocycles. The van der Waals surface area contributed by atoms with Gasteiger partial charge in [-0.25, -0.2) is 18.7 Å². The highest BCUT2D eigenvalue weighted by Crippen LogP contribution is 2.29. The van der Waals surface area contributed by atoms with Gasteiger partial charge in [-0.3, -0.25) is 0 Å². The minimum atomic E-state index is -0.942. The standard InChI is InChI=1S/C12H10BrF2N3/c13-10-8(1-2-9(14)11(10)15)12-17-5-7(3-4-16)6-18-12/h1-2,5-6H,3-4,16H2. The van der Waals surface area contributed by atoms with Crippen molar-refractivity contribution in [3.63, 3.8) is 0 Å². The highest BCUT2D eigenvalue weighted by Gasteiger charge is 2.14. The molecule has 1 heterocycles. The van der Waals surface area contributed by atoms with E-state index < -0.39 is 11.6 Å². The fraction of sp³-hybridized carbons (Fsp3) is 0.167. The number of aromatic nitrogens is 2. The van der Waals surface area contributed by atoms with Crippen molar-refractivity contribution in [3.8, 4) is 11.4 Å². The topological polar surface area (TPSA) is 51.8 Å². The summed E-state index contributed by atoms with van der Waals surface area (Å²) in [5, 5.41) is 0. The molecule has 2 N–H and O–H groups in total. The van der Waals surface area contributed by atoms with Crippen molar-refractivity contribution in [2.24, 2.45) is 5.73 Å². The molecule has 0 radical (unpaired) electrons. The largest absolute Gasteiger partial charge is 0.330 e. The highest BCUT2D eigenvalue weighted by molar-refractivity contribution is 9.10.